The van der Waals surface area contributed by atoms with Gasteiger partial charge in [-0.2, -0.15) is 0 Å². The Balaban J connectivity index is 1.96. The molecule has 0 bridgehead atoms. The van der Waals surface area contributed by atoms with Crippen molar-refractivity contribution in [1.29, 1.82) is 0 Å². The van der Waals surface area contributed by atoms with Crippen molar-refractivity contribution in [1.82, 2.24) is 4.57 Å². The number of thiazole rings is 1. The number of methoxy groups -OCH3 is 1. The first-order valence-corrected chi connectivity index (χ1v) is 12.7. The summed E-state index contributed by atoms with van der Waals surface area (Å²) < 4.78 is 19.2. The van der Waals surface area contributed by atoms with Crippen molar-refractivity contribution in [2.24, 2.45) is 4.99 Å². The van der Waals surface area contributed by atoms with Crippen molar-refractivity contribution in [3.05, 3.63) is 89.0 Å². The Hall–Kier alpha value is -3.17. The van der Waals surface area contributed by atoms with Crippen LogP contribution in [-0.2, 0) is 9.53 Å². The van der Waals surface area contributed by atoms with E-state index >= 15 is 0 Å². The summed E-state index contributed by atoms with van der Waals surface area (Å²) in [5, 5.41) is 0. The molecule has 0 saturated heterocycles. The van der Waals surface area contributed by atoms with Gasteiger partial charge in [-0.05, 0) is 66.5 Å². The number of fused-ring (bicyclic) bond motifs is 1. The molecule has 1 aliphatic rings. The number of carbonyl (C=O) groups excluding carboxylic acids is 1. The lowest BCUT2D eigenvalue weighted by atomic mass is 9.96. The Bertz CT molecular complexity index is 1490. The second-order valence-electron chi connectivity index (χ2n) is 7.67. The molecule has 0 aliphatic carbocycles. The van der Waals surface area contributed by atoms with E-state index in [-0.39, 0.29) is 12.2 Å². The lowest BCUT2D eigenvalue weighted by Gasteiger charge is -2.25. The van der Waals surface area contributed by atoms with Gasteiger partial charge >= 0.3 is 5.97 Å². The molecule has 1 aliphatic heterocycles. The minimum absolute atomic E-state index is 0.216. The number of allylic oxidation sites excluding steroid dienone is 1. The molecule has 3 aromatic rings. The Morgan fingerprint density at radius 1 is 1.17 bits per heavy atom. The highest BCUT2D eigenvalue weighted by molar-refractivity contribution is 9.10. The second-order valence-corrected chi connectivity index (χ2v) is 9.53. The molecule has 182 valence electrons. The van der Waals surface area contributed by atoms with E-state index in [1.54, 1.807) is 37.7 Å². The maximum absolute atomic E-state index is 13.7. The zero-order chi connectivity index (χ0) is 25.1. The summed E-state index contributed by atoms with van der Waals surface area (Å²) in [6, 6.07) is 12.3. The van der Waals surface area contributed by atoms with Crippen LogP contribution in [0.5, 0.6) is 11.5 Å². The normalized spacial score (nSPS) is 15.5. The van der Waals surface area contributed by atoms with Gasteiger partial charge in [0.1, 0.15) is 11.5 Å². The Morgan fingerprint density at radius 3 is 2.63 bits per heavy atom. The molecule has 0 unspecified atom stereocenters. The van der Waals surface area contributed by atoms with Crippen molar-refractivity contribution in [2.45, 2.75) is 26.8 Å². The highest BCUT2D eigenvalue weighted by atomic mass is 79.9. The predicted molar refractivity (Wildman–Crippen MR) is 139 cm³/mol. The van der Waals surface area contributed by atoms with Gasteiger partial charge in [-0.3, -0.25) is 9.36 Å². The van der Waals surface area contributed by atoms with Crippen LogP contribution < -0.4 is 24.4 Å². The molecule has 0 fully saturated rings. The van der Waals surface area contributed by atoms with Gasteiger partial charge in [0.2, 0.25) is 0 Å². The largest absolute Gasteiger partial charge is 0.496 e. The average Bonchev–Trinajstić information content (AvgIpc) is 3.14. The van der Waals surface area contributed by atoms with Crippen LogP contribution in [0.1, 0.15) is 37.9 Å². The monoisotopic (exact) mass is 556 g/mol. The fraction of sp³-hybridized carbons (Fsp3) is 0.269. The molecule has 0 spiro atoms. The van der Waals surface area contributed by atoms with E-state index < -0.39 is 12.0 Å². The number of esters is 1. The SMILES string of the molecule is CCOC(=O)C1=C(C)N=c2s/c(=C/c3ccccc3OCC)c(=O)n2[C@H]1c1ccc(OC)c(Br)c1. The Morgan fingerprint density at radius 2 is 1.94 bits per heavy atom. The van der Waals surface area contributed by atoms with Gasteiger partial charge < -0.3 is 14.2 Å². The van der Waals surface area contributed by atoms with Crippen LogP contribution in [0, 0.1) is 0 Å². The van der Waals surface area contributed by atoms with Crippen LogP contribution in [-0.4, -0.2) is 30.9 Å². The maximum atomic E-state index is 13.7. The second kappa shape index (κ2) is 10.6. The van der Waals surface area contributed by atoms with Crippen molar-refractivity contribution < 1.29 is 19.0 Å². The van der Waals surface area contributed by atoms with Crippen molar-refractivity contribution in [3.8, 4) is 11.5 Å². The highest BCUT2D eigenvalue weighted by Crippen LogP contribution is 2.35. The molecule has 4 rings (SSSR count). The molecular weight excluding hydrogens is 532 g/mol. The number of rotatable bonds is 7. The molecule has 0 saturated carbocycles. The Kier molecular flexibility index (Phi) is 7.57. The third-order valence-electron chi connectivity index (χ3n) is 5.51. The van der Waals surface area contributed by atoms with Crippen LogP contribution in [0.15, 0.2) is 68.0 Å². The van der Waals surface area contributed by atoms with Gasteiger partial charge in [0.15, 0.2) is 4.80 Å². The van der Waals surface area contributed by atoms with Gasteiger partial charge in [0.25, 0.3) is 5.56 Å². The first-order valence-electron chi connectivity index (χ1n) is 11.1. The minimum atomic E-state index is -0.697. The maximum Gasteiger partial charge on any atom is 0.338 e. The molecule has 2 aromatic carbocycles. The number of nitrogens with zero attached hydrogens (tertiary/aromatic N) is 2. The van der Waals surface area contributed by atoms with Crippen LogP contribution in [0.3, 0.4) is 0 Å². The number of benzene rings is 2. The van der Waals surface area contributed by atoms with Crippen molar-refractivity contribution >= 4 is 39.3 Å². The molecular formula is C26H25BrN2O5S. The molecule has 7 nitrogen and oxygen atoms in total. The van der Waals surface area contributed by atoms with Gasteiger partial charge in [0, 0.05) is 5.56 Å². The number of ether oxygens (including phenoxy) is 3. The third kappa shape index (κ3) is 4.83. The fourth-order valence-electron chi connectivity index (χ4n) is 3.99. The number of halogens is 1. The number of aromatic nitrogens is 1. The van der Waals surface area contributed by atoms with Gasteiger partial charge in [0.05, 0.1) is 46.6 Å². The van der Waals surface area contributed by atoms with Gasteiger partial charge in [-0.25, -0.2) is 9.79 Å². The lowest BCUT2D eigenvalue weighted by Crippen LogP contribution is -2.40. The summed E-state index contributed by atoms with van der Waals surface area (Å²) in [6.07, 6.45) is 1.80. The van der Waals surface area contributed by atoms with E-state index in [2.05, 4.69) is 20.9 Å². The molecule has 0 radical (unpaired) electrons. The fourth-order valence-corrected chi connectivity index (χ4v) is 5.58. The van der Waals surface area contributed by atoms with Crippen LogP contribution in [0.4, 0.5) is 0 Å². The third-order valence-corrected chi connectivity index (χ3v) is 7.12. The molecule has 0 N–H and O–H groups in total. The van der Waals surface area contributed by atoms with Crippen LogP contribution in [0.25, 0.3) is 6.08 Å². The lowest BCUT2D eigenvalue weighted by molar-refractivity contribution is -0.139. The first-order chi connectivity index (χ1) is 16.9. The molecule has 9 heteroatoms. The van der Waals surface area contributed by atoms with E-state index in [0.717, 1.165) is 11.1 Å². The molecule has 35 heavy (non-hydrogen) atoms. The summed E-state index contributed by atoms with van der Waals surface area (Å²) in [7, 11) is 1.58. The van der Waals surface area contributed by atoms with E-state index in [0.29, 0.717) is 43.2 Å². The summed E-state index contributed by atoms with van der Waals surface area (Å²) in [6.45, 7) is 6.16. The first kappa shape index (κ1) is 24.9. The minimum Gasteiger partial charge on any atom is -0.496 e. The van der Waals surface area contributed by atoms with E-state index in [4.69, 9.17) is 14.2 Å². The molecule has 1 atom stereocenters. The van der Waals surface area contributed by atoms with E-state index in [9.17, 15) is 9.59 Å². The van der Waals surface area contributed by atoms with Crippen LogP contribution >= 0.6 is 27.3 Å². The van der Waals surface area contributed by atoms with Crippen molar-refractivity contribution in [2.75, 3.05) is 20.3 Å². The van der Waals surface area contributed by atoms with E-state index in [1.165, 1.54) is 11.3 Å². The topological polar surface area (TPSA) is 79.1 Å². The number of carbonyl (C=O) groups is 1. The number of hydrogen-bond donors (Lipinski definition) is 0. The summed E-state index contributed by atoms with van der Waals surface area (Å²) in [4.78, 5) is 31.9. The van der Waals surface area contributed by atoms with E-state index in [1.807, 2.05) is 43.3 Å². The standard InChI is InChI=1S/C26H25BrN2O5S/c1-5-33-19-10-8-7-9-16(19)14-21-24(30)29-23(17-11-12-20(32-4)18(27)13-17)22(25(31)34-6-2)15(3)28-26(29)35-21/h7-14,23H,5-6H2,1-4H3/b21-14+/t23-/m0/s1. The van der Waals surface area contributed by atoms with Gasteiger partial charge in [-0.15, -0.1) is 0 Å². The van der Waals surface area contributed by atoms with Crippen molar-refractivity contribution in [3.63, 3.8) is 0 Å². The van der Waals surface area contributed by atoms with Crippen LogP contribution in [0.2, 0.25) is 0 Å². The summed E-state index contributed by atoms with van der Waals surface area (Å²) in [5.74, 6) is 0.841. The average molecular weight is 557 g/mol. The predicted octanol–water partition coefficient (Wildman–Crippen LogP) is 3.97. The molecule has 2 heterocycles. The summed E-state index contributed by atoms with van der Waals surface area (Å²) >= 11 is 4.80. The zero-order valence-electron chi connectivity index (χ0n) is 19.8. The smallest absolute Gasteiger partial charge is 0.338 e. The molecule has 0 amide bonds. The Labute approximate surface area is 215 Å². The number of para-hydroxylation sites is 1. The van der Waals surface area contributed by atoms with Gasteiger partial charge in [-0.1, -0.05) is 35.6 Å². The zero-order valence-corrected chi connectivity index (χ0v) is 22.2. The molecule has 1 aromatic heterocycles. The quantitative estimate of drug-likeness (QED) is 0.411. The number of hydrogen-bond acceptors (Lipinski definition) is 7. The summed E-state index contributed by atoms with van der Waals surface area (Å²) in [5.41, 5.74) is 2.13. The highest BCUT2D eigenvalue weighted by Gasteiger charge is 2.33.